The van der Waals surface area contributed by atoms with Crippen molar-refractivity contribution in [3.8, 4) is 0 Å². The van der Waals surface area contributed by atoms with Crippen LogP contribution in [0.3, 0.4) is 0 Å². The van der Waals surface area contributed by atoms with E-state index in [1.54, 1.807) is 6.92 Å². The molecule has 3 aromatic rings. The Balaban J connectivity index is 1.79. The van der Waals surface area contributed by atoms with Gasteiger partial charge in [-0.15, -0.1) is 0 Å². The van der Waals surface area contributed by atoms with Gasteiger partial charge in [0.15, 0.2) is 11.6 Å². The van der Waals surface area contributed by atoms with E-state index in [9.17, 15) is 13.6 Å². The summed E-state index contributed by atoms with van der Waals surface area (Å²) in [7, 11) is 0. The number of para-hydroxylation sites is 1. The summed E-state index contributed by atoms with van der Waals surface area (Å²) in [4.78, 5) is 12.1. The van der Waals surface area contributed by atoms with Gasteiger partial charge in [0.1, 0.15) is 11.3 Å². The molecule has 0 fully saturated rings. The number of furan rings is 1. The minimum atomic E-state index is -1.05. The molecule has 0 spiro atoms. The third-order valence-electron chi connectivity index (χ3n) is 3.40. The van der Waals surface area contributed by atoms with Crippen LogP contribution in [-0.4, -0.2) is 5.91 Å². The van der Waals surface area contributed by atoms with E-state index in [1.165, 1.54) is 6.07 Å². The van der Waals surface area contributed by atoms with Crippen LogP contribution in [0, 0.1) is 11.6 Å². The molecular weight excluding hydrogens is 288 g/mol. The van der Waals surface area contributed by atoms with Crippen molar-refractivity contribution in [1.82, 2.24) is 5.32 Å². The lowest BCUT2D eigenvalue weighted by Gasteiger charge is -2.11. The number of carbonyl (C=O) groups is 1. The van der Waals surface area contributed by atoms with Crippen LogP contribution in [0.2, 0.25) is 0 Å². The second kappa shape index (κ2) is 5.60. The number of fused-ring (bicyclic) bond motifs is 1. The van der Waals surface area contributed by atoms with Gasteiger partial charge in [0.2, 0.25) is 0 Å². The van der Waals surface area contributed by atoms with Crippen LogP contribution in [0.5, 0.6) is 0 Å². The van der Waals surface area contributed by atoms with Crippen molar-refractivity contribution in [1.29, 1.82) is 0 Å². The van der Waals surface area contributed by atoms with Gasteiger partial charge in [-0.2, -0.15) is 0 Å². The summed E-state index contributed by atoms with van der Waals surface area (Å²) in [5, 5.41) is 3.63. The van der Waals surface area contributed by atoms with Gasteiger partial charge in [-0.3, -0.25) is 4.79 Å². The topological polar surface area (TPSA) is 42.2 Å². The molecular formula is C17H13F2NO2. The fourth-order valence-corrected chi connectivity index (χ4v) is 2.20. The number of hydrogen-bond acceptors (Lipinski definition) is 2. The first-order chi connectivity index (χ1) is 10.5. The number of hydrogen-bond donors (Lipinski definition) is 1. The number of halogens is 2. The van der Waals surface area contributed by atoms with E-state index in [0.717, 1.165) is 23.1 Å². The van der Waals surface area contributed by atoms with Gasteiger partial charge in [-0.1, -0.05) is 18.2 Å². The lowest BCUT2D eigenvalue weighted by Crippen LogP contribution is -2.26. The summed E-state index contributed by atoms with van der Waals surface area (Å²) in [5.74, 6) is -1.94. The highest BCUT2D eigenvalue weighted by molar-refractivity contribution is 5.94. The van der Waals surface area contributed by atoms with Crippen LogP contribution in [0.25, 0.3) is 11.0 Å². The van der Waals surface area contributed by atoms with Gasteiger partial charge in [-0.05, 0) is 37.3 Å². The molecule has 1 aromatic heterocycles. The van der Waals surface area contributed by atoms with Crippen LogP contribution < -0.4 is 5.32 Å². The predicted octanol–water partition coefficient (Wildman–Crippen LogP) is 4.20. The molecule has 1 atom stereocenters. The Kier molecular flexibility index (Phi) is 3.63. The Morgan fingerprint density at radius 2 is 1.86 bits per heavy atom. The average Bonchev–Trinajstić information content (AvgIpc) is 2.94. The normalized spacial score (nSPS) is 12.3. The zero-order valence-corrected chi connectivity index (χ0v) is 11.8. The predicted molar refractivity (Wildman–Crippen MR) is 78.5 cm³/mol. The summed E-state index contributed by atoms with van der Waals surface area (Å²) >= 11 is 0. The third-order valence-corrected chi connectivity index (χ3v) is 3.40. The molecule has 0 radical (unpaired) electrons. The highest BCUT2D eigenvalue weighted by Crippen LogP contribution is 2.23. The van der Waals surface area contributed by atoms with Gasteiger partial charge < -0.3 is 9.73 Å². The summed E-state index contributed by atoms with van der Waals surface area (Å²) in [5.41, 5.74) is 0.785. The molecule has 22 heavy (non-hydrogen) atoms. The highest BCUT2D eigenvalue weighted by atomic mass is 19.2. The van der Waals surface area contributed by atoms with Crippen LogP contribution >= 0.6 is 0 Å². The van der Waals surface area contributed by atoms with Crippen LogP contribution in [0.1, 0.15) is 29.1 Å². The summed E-state index contributed by atoms with van der Waals surface area (Å²) < 4.78 is 31.7. The monoisotopic (exact) mass is 301 g/mol. The lowest BCUT2D eigenvalue weighted by atomic mass is 10.1. The van der Waals surface area contributed by atoms with E-state index in [0.29, 0.717) is 5.76 Å². The molecule has 1 heterocycles. The Bertz CT molecular complexity index is 809. The maximum atomic E-state index is 13.2. The Morgan fingerprint density at radius 3 is 2.59 bits per heavy atom. The van der Waals surface area contributed by atoms with E-state index >= 15 is 0 Å². The third kappa shape index (κ3) is 2.70. The van der Waals surface area contributed by atoms with Crippen molar-refractivity contribution >= 4 is 16.9 Å². The second-order valence-electron chi connectivity index (χ2n) is 5.01. The number of nitrogens with one attached hydrogen (secondary N) is 1. The summed E-state index contributed by atoms with van der Waals surface area (Å²) in [6, 6.07) is 12.0. The molecule has 112 valence electrons. The molecule has 0 saturated heterocycles. The van der Waals surface area contributed by atoms with Crippen LogP contribution in [0.4, 0.5) is 8.78 Å². The molecule has 3 rings (SSSR count). The maximum absolute atomic E-state index is 13.2. The Hall–Kier alpha value is -2.69. The Morgan fingerprint density at radius 1 is 1.09 bits per heavy atom. The first-order valence-electron chi connectivity index (χ1n) is 6.79. The molecule has 1 amide bonds. The average molecular weight is 301 g/mol. The highest BCUT2D eigenvalue weighted by Gasteiger charge is 2.16. The standard InChI is InChI=1S/C17H13F2NO2/c1-10(16-9-11-4-2-3-5-15(11)22-16)20-17(21)12-6-7-13(18)14(19)8-12/h2-10H,1H3,(H,20,21). The number of rotatable bonds is 3. The van der Waals surface area contributed by atoms with Crippen molar-refractivity contribution in [2.45, 2.75) is 13.0 Å². The first-order valence-corrected chi connectivity index (χ1v) is 6.79. The minimum Gasteiger partial charge on any atom is -0.459 e. The summed E-state index contributed by atoms with van der Waals surface area (Å²) in [6.07, 6.45) is 0. The van der Waals surface area contributed by atoms with Gasteiger partial charge in [0.25, 0.3) is 5.91 Å². The molecule has 1 N–H and O–H groups in total. The number of benzene rings is 2. The molecule has 0 aliphatic heterocycles. The first kappa shape index (κ1) is 14.3. The fraction of sp³-hybridized carbons (Fsp3) is 0.118. The number of amides is 1. The smallest absolute Gasteiger partial charge is 0.251 e. The van der Waals surface area contributed by atoms with Crippen molar-refractivity contribution in [3.05, 3.63) is 71.5 Å². The van der Waals surface area contributed by atoms with Gasteiger partial charge >= 0.3 is 0 Å². The molecule has 0 saturated carbocycles. The van der Waals surface area contributed by atoms with Crippen LogP contribution in [0.15, 0.2) is 52.9 Å². The molecule has 2 aromatic carbocycles. The number of carbonyl (C=O) groups excluding carboxylic acids is 1. The van der Waals surface area contributed by atoms with Gasteiger partial charge in [0, 0.05) is 10.9 Å². The van der Waals surface area contributed by atoms with Crippen molar-refractivity contribution in [2.75, 3.05) is 0 Å². The fourth-order valence-electron chi connectivity index (χ4n) is 2.20. The van der Waals surface area contributed by atoms with E-state index in [4.69, 9.17) is 4.42 Å². The minimum absolute atomic E-state index is 0.0573. The zero-order chi connectivity index (χ0) is 15.7. The molecule has 0 bridgehead atoms. The summed E-state index contributed by atoms with van der Waals surface area (Å²) in [6.45, 7) is 1.76. The zero-order valence-electron chi connectivity index (χ0n) is 11.8. The molecule has 5 heteroatoms. The van der Waals surface area contributed by atoms with Crippen molar-refractivity contribution in [3.63, 3.8) is 0 Å². The van der Waals surface area contributed by atoms with Crippen molar-refractivity contribution in [2.24, 2.45) is 0 Å². The van der Waals surface area contributed by atoms with Crippen LogP contribution in [-0.2, 0) is 0 Å². The van der Waals surface area contributed by atoms with Gasteiger partial charge in [-0.25, -0.2) is 8.78 Å². The van der Waals surface area contributed by atoms with E-state index in [2.05, 4.69) is 5.32 Å². The van der Waals surface area contributed by atoms with Gasteiger partial charge in [0.05, 0.1) is 6.04 Å². The molecule has 0 aliphatic carbocycles. The largest absolute Gasteiger partial charge is 0.459 e. The molecule has 0 aliphatic rings. The maximum Gasteiger partial charge on any atom is 0.251 e. The second-order valence-corrected chi connectivity index (χ2v) is 5.01. The van der Waals surface area contributed by atoms with Crippen molar-refractivity contribution < 1.29 is 18.0 Å². The SMILES string of the molecule is CC(NC(=O)c1ccc(F)c(F)c1)c1cc2ccccc2o1. The Labute approximate surface area is 125 Å². The van der Waals surface area contributed by atoms with E-state index in [-0.39, 0.29) is 5.56 Å². The van der Waals surface area contributed by atoms with E-state index < -0.39 is 23.6 Å². The lowest BCUT2D eigenvalue weighted by molar-refractivity contribution is 0.0935. The molecule has 1 unspecified atom stereocenters. The van der Waals surface area contributed by atoms with E-state index in [1.807, 2.05) is 30.3 Å². The quantitative estimate of drug-likeness (QED) is 0.787. The molecule has 3 nitrogen and oxygen atoms in total.